The van der Waals surface area contributed by atoms with Crippen molar-refractivity contribution in [3.8, 4) is 22.4 Å². The van der Waals surface area contributed by atoms with E-state index in [0.717, 1.165) is 21.8 Å². The molecule has 3 aromatic carbocycles. The summed E-state index contributed by atoms with van der Waals surface area (Å²) in [6, 6.07) is 16.4. The highest BCUT2D eigenvalue weighted by molar-refractivity contribution is 7.90. The van der Waals surface area contributed by atoms with Gasteiger partial charge in [0.1, 0.15) is 16.5 Å². The molecule has 1 aliphatic rings. The van der Waals surface area contributed by atoms with Gasteiger partial charge in [0.2, 0.25) is 5.00 Å². The molecule has 0 amide bonds. The van der Waals surface area contributed by atoms with Crippen LogP contribution in [0.5, 0.6) is 0 Å². The van der Waals surface area contributed by atoms with Gasteiger partial charge in [0, 0.05) is 40.9 Å². The average molecular weight is 604 g/mol. The van der Waals surface area contributed by atoms with E-state index in [1.54, 1.807) is 36.6 Å². The fourth-order valence-corrected chi connectivity index (χ4v) is 7.65. The van der Waals surface area contributed by atoms with Crippen molar-refractivity contribution in [2.24, 2.45) is 5.92 Å². The molecule has 7 nitrogen and oxygen atoms in total. The lowest BCUT2D eigenvalue weighted by molar-refractivity contribution is -0.146. The molecule has 11 heteroatoms. The van der Waals surface area contributed by atoms with Crippen LogP contribution in [0.3, 0.4) is 0 Å². The monoisotopic (exact) mass is 603 g/mol. The van der Waals surface area contributed by atoms with Crippen LogP contribution in [-0.2, 0) is 19.6 Å². The topological polar surface area (TPSA) is 73.0 Å². The molecule has 0 unspecified atom stereocenters. The zero-order valence-corrected chi connectivity index (χ0v) is 24.1. The van der Waals surface area contributed by atoms with Gasteiger partial charge in [-0.1, -0.05) is 24.3 Å². The van der Waals surface area contributed by atoms with E-state index in [9.17, 15) is 17.6 Å². The van der Waals surface area contributed by atoms with E-state index in [0.29, 0.717) is 40.3 Å². The molecule has 0 radical (unpaired) electrons. The number of esters is 1. The fraction of sp³-hybridized carbons (Fsp3) is 0.161. The van der Waals surface area contributed by atoms with E-state index in [-0.39, 0.29) is 28.5 Å². The minimum atomic E-state index is -4.57. The summed E-state index contributed by atoms with van der Waals surface area (Å²) in [6.45, 7) is 10.2. The van der Waals surface area contributed by atoms with Crippen LogP contribution >= 0.6 is 11.3 Å². The Morgan fingerprint density at radius 2 is 1.86 bits per heavy atom. The van der Waals surface area contributed by atoms with Crippen LogP contribution in [0, 0.1) is 31.0 Å². The van der Waals surface area contributed by atoms with Crippen LogP contribution in [0.15, 0.2) is 77.0 Å². The maximum atomic E-state index is 15.2. The predicted octanol–water partition coefficient (Wildman–Crippen LogP) is 7.02. The third-order valence-corrected chi connectivity index (χ3v) is 9.96. The number of anilines is 1. The first kappa shape index (κ1) is 27.6. The highest BCUT2D eigenvalue weighted by atomic mass is 32.2. The summed E-state index contributed by atoms with van der Waals surface area (Å²) in [6.07, 6.45) is 0. The van der Waals surface area contributed by atoms with E-state index < -0.39 is 26.6 Å². The van der Waals surface area contributed by atoms with Crippen molar-refractivity contribution in [3.63, 3.8) is 0 Å². The lowest BCUT2D eigenvalue weighted by Gasteiger charge is -2.39. The number of hydrogen-bond acceptors (Lipinski definition) is 6. The van der Waals surface area contributed by atoms with Crippen LogP contribution in [0.1, 0.15) is 5.56 Å². The van der Waals surface area contributed by atoms with E-state index in [1.165, 1.54) is 42.7 Å². The summed E-state index contributed by atoms with van der Waals surface area (Å²) < 4.78 is 64.6. The molecule has 42 heavy (non-hydrogen) atoms. The Labute approximate surface area is 245 Å². The number of carbonyl (C=O) groups excluding carboxylic acids is 1. The van der Waals surface area contributed by atoms with Crippen LogP contribution in [-0.4, -0.2) is 38.6 Å². The number of carbonyl (C=O) groups is 1. The van der Waals surface area contributed by atoms with Gasteiger partial charge in [0.05, 0.1) is 30.8 Å². The molecule has 1 aliphatic heterocycles. The number of thiophene rings is 1. The van der Waals surface area contributed by atoms with Crippen molar-refractivity contribution in [1.82, 2.24) is 3.97 Å². The second-order valence-corrected chi connectivity index (χ2v) is 12.7. The van der Waals surface area contributed by atoms with Crippen molar-refractivity contribution in [2.75, 3.05) is 25.1 Å². The summed E-state index contributed by atoms with van der Waals surface area (Å²) in [5.41, 5.74) is 2.85. The number of halogens is 2. The normalized spacial score (nSPS) is 13.6. The van der Waals surface area contributed by atoms with Crippen molar-refractivity contribution in [1.29, 1.82) is 0 Å². The Bertz CT molecular complexity index is 2040. The third kappa shape index (κ3) is 4.44. The SMILES string of the molecule is [C-]#[N+]c1sccc1-c1c(-c2cccc(N3CC(C(=O)OC)C3)c2)n(S(=O)(=O)c2ccc(C)cc2F)c2ccc(F)cc12. The molecule has 2 aromatic heterocycles. The minimum absolute atomic E-state index is 0.142. The quantitative estimate of drug-likeness (QED) is 0.154. The van der Waals surface area contributed by atoms with Gasteiger partial charge in [-0.3, -0.25) is 4.79 Å². The van der Waals surface area contributed by atoms with E-state index in [2.05, 4.69) is 4.85 Å². The van der Waals surface area contributed by atoms with Gasteiger partial charge >= 0.3 is 5.97 Å². The molecule has 1 saturated heterocycles. The maximum absolute atomic E-state index is 15.2. The summed E-state index contributed by atoms with van der Waals surface area (Å²) in [5, 5.41) is 2.29. The van der Waals surface area contributed by atoms with E-state index >= 15 is 4.39 Å². The van der Waals surface area contributed by atoms with Crippen molar-refractivity contribution >= 4 is 48.9 Å². The van der Waals surface area contributed by atoms with Gasteiger partial charge in [-0.25, -0.2) is 26.0 Å². The third-order valence-electron chi connectivity index (χ3n) is 7.41. The molecule has 5 aromatic rings. The van der Waals surface area contributed by atoms with Crippen LogP contribution in [0.2, 0.25) is 0 Å². The highest BCUT2D eigenvalue weighted by Gasteiger charge is 2.35. The molecule has 0 spiro atoms. The number of hydrogen-bond donors (Lipinski definition) is 0. The maximum Gasteiger partial charge on any atom is 0.312 e. The van der Waals surface area contributed by atoms with Gasteiger partial charge in [0.25, 0.3) is 10.0 Å². The average Bonchev–Trinajstić information content (AvgIpc) is 3.54. The second-order valence-electron chi connectivity index (χ2n) is 10.0. The highest BCUT2D eigenvalue weighted by Crippen LogP contribution is 2.48. The summed E-state index contributed by atoms with van der Waals surface area (Å²) in [4.78, 5) is 17.0. The number of methoxy groups -OCH3 is 1. The standard InChI is InChI=1S/C31H23F2N3O4S2/c1-18-7-10-27(25(33)13-18)42(38,39)36-26-9-8-21(32)15-24(26)28(23-11-12-41-30(23)34-2)29(36)19-5-4-6-22(14-19)35-16-20(17-35)31(37)40-3/h4-15,20H,16-17H2,1,3H3. The first-order valence-corrected chi connectivity index (χ1v) is 15.2. The Morgan fingerprint density at radius 1 is 1.07 bits per heavy atom. The number of ether oxygens (including phenoxy) is 1. The van der Waals surface area contributed by atoms with Gasteiger partial charge in [-0.15, -0.1) is 0 Å². The van der Waals surface area contributed by atoms with Crippen molar-refractivity contribution < 1.29 is 26.7 Å². The van der Waals surface area contributed by atoms with Crippen LogP contribution in [0.4, 0.5) is 19.5 Å². The molecule has 0 saturated carbocycles. The lowest BCUT2D eigenvalue weighted by Crippen LogP contribution is -2.50. The van der Waals surface area contributed by atoms with Gasteiger partial charge < -0.3 is 9.64 Å². The number of aromatic nitrogens is 1. The molecule has 0 bridgehead atoms. The Morgan fingerprint density at radius 3 is 2.57 bits per heavy atom. The molecule has 212 valence electrons. The molecular weight excluding hydrogens is 580 g/mol. The molecule has 6 rings (SSSR count). The number of rotatable bonds is 6. The molecule has 0 N–H and O–H groups in total. The number of benzene rings is 3. The smallest absolute Gasteiger partial charge is 0.312 e. The second kappa shape index (κ2) is 10.4. The zero-order valence-electron chi connectivity index (χ0n) is 22.5. The lowest BCUT2D eigenvalue weighted by atomic mass is 9.97. The Hall–Kier alpha value is -4.53. The number of fused-ring (bicyclic) bond motifs is 1. The van der Waals surface area contributed by atoms with Crippen LogP contribution < -0.4 is 4.90 Å². The van der Waals surface area contributed by atoms with Crippen molar-refractivity contribution in [2.45, 2.75) is 11.8 Å². The largest absolute Gasteiger partial charge is 0.469 e. The first-order chi connectivity index (χ1) is 20.1. The van der Waals surface area contributed by atoms with E-state index in [4.69, 9.17) is 11.3 Å². The van der Waals surface area contributed by atoms with Gasteiger partial charge in [0.15, 0.2) is 0 Å². The number of aryl methyl sites for hydroxylation is 1. The molecule has 0 atom stereocenters. The molecule has 1 fully saturated rings. The minimum Gasteiger partial charge on any atom is -0.469 e. The van der Waals surface area contributed by atoms with Crippen molar-refractivity contribution in [3.05, 3.63) is 101 Å². The first-order valence-electron chi connectivity index (χ1n) is 12.9. The molecule has 0 aliphatic carbocycles. The van der Waals surface area contributed by atoms with Crippen LogP contribution in [0.25, 0.3) is 38.1 Å². The number of nitrogens with zero attached hydrogens (tertiary/aromatic N) is 3. The van der Waals surface area contributed by atoms with Gasteiger partial charge in [-0.05, 0) is 60.3 Å². The Kier molecular flexibility index (Phi) is 6.83. The summed E-state index contributed by atoms with van der Waals surface area (Å²) in [5.74, 6) is -2.08. The molecule has 3 heterocycles. The van der Waals surface area contributed by atoms with Gasteiger partial charge in [-0.2, -0.15) is 11.3 Å². The Balaban J connectivity index is 1.66. The predicted molar refractivity (Wildman–Crippen MR) is 158 cm³/mol. The zero-order chi connectivity index (χ0) is 29.8. The van der Waals surface area contributed by atoms with E-state index in [1.807, 2.05) is 11.0 Å². The molecular formula is C31H23F2N3O4S2. The summed E-state index contributed by atoms with van der Waals surface area (Å²) in [7, 11) is -3.23. The summed E-state index contributed by atoms with van der Waals surface area (Å²) >= 11 is 1.19. The fourth-order valence-electron chi connectivity index (χ4n) is 5.37.